The lowest BCUT2D eigenvalue weighted by Gasteiger charge is -2.13. The van der Waals surface area contributed by atoms with Crippen molar-refractivity contribution in [3.05, 3.63) is 91.1 Å². The number of aromatic nitrogens is 2. The quantitative estimate of drug-likeness (QED) is 0.304. The van der Waals surface area contributed by atoms with Crippen LogP contribution in [0.2, 0.25) is 0 Å². The third-order valence-electron chi connectivity index (χ3n) is 4.60. The molecule has 0 unspecified atom stereocenters. The Bertz CT molecular complexity index is 1280. The van der Waals surface area contributed by atoms with Gasteiger partial charge in [0.25, 0.3) is 5.91 Å². The van der Waals surface area contributed by atoms with Crippen LogP contribution in [-0.2, 0) is 6.61 Å². The largest absolute Gasteiger partial charge is 0.493 e. The van der Waals surface area contributed by atoms with E-state index < -0.39 is 16.5 Å². The van der Waals surface area contributed by atoms with Crippen LogP contribution in [0.1, 0.15) is 32.9 Å². The molecule has 3 rings (SSSR count). The second-order valence-corrected chi connectivity index (χ2v) is 7.00. The van der Waals surface area contributed by atoms with Gasteiger partial charge in [-0.05, 0) is 37.1 Å². The Morgan fingerprint density at radius 1 is 1.27 bits per heavy atom. The van der Waals surface area contributed by atoms with Crippen molar-refractivity contribution in [2.24, 2.45) is 5.10 Å². The van der Waals surface area contributed by atoms with Crippen LogP contribution in [0.5, 0.6) is 11.5 Å². The number of aryl methyl sites for hydroxylation is 2. The minimum absolute atomic E-state index is 0.0184. The molecule has 11 nitrogen and oxygen atoms in total. The van der Waals surface area contributed by atoms with E-state index in [0.29, 0.717) is 5.69 Å². The SMILES string of the molecule is COc1cc(/C=N/NC(=O)c2cc(C)[nH]c(=O)n2)cc([N+](=O)[O-])c1OCc1ccccc1C. The molecule has 3 aromatic rings. The second-order valence-electron chi connectivity index (χ2n) is 7.00. The number of H-pyrrole nitrogens is 1. The Labute approximate surface area is 188 Å². The molecule has 2 aromatic carbocycles. The van der Waals surface area contributed by atoms with Crippen molar-refractivity contribution in [3.8, 4) is 11.5 Å². The highest BCUT2D eigenvalue weighted by molar-refractivity contribution is 5.93. The molecule has 1 aromatic heterocycles. The van der Waals surface area contributed by atoms with Gasteiger partial charge in [-0.3, -0.25) is 14.9 Å². The Morgan fingerprint density at radius 3 is 2.70 bits per heavy atom. The molecule has 0 aliphatic carbocycles. The van der Waals surface area contributed by atoms with Crippen molar-refractivity contribution >= 4 is 17.8 Å². The number of hydrogen-bond acceptors (Lipinski definition) is 8. The first kappa shape index (κ1) is 23.1. The van der Waals surface area contributed by atoms with Gasteiger partial charge in [-0.1, -0.05) is 24.3 Å². The summed E-state index contributed by atoms with van der Waals surface area (Å²) in [4.78, 5) is 40.6. The van der Waals surface area contributed by atoms with Gasteiger partial charge in [0, 0.05) is 17.3 Å². The molecule has 1 heterocycles. The number of carbonyl (C=O) groups is 1. The Morgan fingerprint density at radius 2 is 2.03 bits per heavy atom. The molecule has 11 heteroatoms. The summed E-state index contributed by atoms with van der Waals surface area (Å²) in [6.07, 6.45) is 1.21. The maximum atomic E-state index is 12.1. The summed E-state index contributed by atoms with van der Waals surface area (Å²) < 4.78 is 11.0. The fourth-order valence-electron chi connectivity index (χ4n) is 2.96. The Kier molecular flexibility index (Phi) is 7.13. The van der Waals surface area contributed by atoms with Gasteiger partial charge in [-0.15, -0.1) is 0 Å². The van der Waals surface area contributed by atoms with Crippen LogP contribution < -0.4 is 20.6 Å². The standard InChI is InChI=1S/C22H21N5O6/c1-13-6-4-5-7-16(13)12-33-20-18(27(30)31)9-15(10-19(20)32-3)11-23-26-21(28)17-8-14(2)24-22(29)25-17/h4-11H,12H2,1-3H3,(H,26,28)(H,24,25,29)/b23-11+. The number of nitrogens with one attached hydrogen (secondary N) is 2. The lowest BCUT2D eigenvalue weighted by molar-refractivity contribution is -0.386. The van der Waals surface area contributed by atoms with E-state index in [-0.39, 0.29) is 35.1 Å². The molecule has 33 heavy (non-hydrogen) atoms. The van der Waals surface area contributed by atoms with E-state index in [1.165, 1.54) is 31.5 Å². The molecule has 2 N–H and O–H groups in total. The fourth-order valence-corrected chi connectivity index (χ4v) is 2.96. The molecule has 0 fully saturated rings. The number of nitro benzene ring substituents is 1. The van der Waals surface area contributed by atoms with Gasteiger partial charge in [-0.25, -0.2) is 10.2 Å². The molecular formula is C22H21N5O6. The molecule has 0 aliphatic rings. The summed E-state index contributed by atoms with van der Waals surface area (Å²) in [5.41, 5.74) is 3.76. The van der Waals surface area contributed by atoms with Crippen LogP contribution in [-0.4, -0.2) is 34.1 Å². The van der Waals surface area contributed by atoms with Crippen molar-refractivity contribution in [1.29, 1.82) is 0 Å². The van der Waals surface area contributed by atoms with Gasteiger partial charge in [-0.2, -0.15) is 10.1 Å². The zero-order chi connectivity index (χ0) is 24.0. The van der Waals surface area contributed by atoms with Crippen LogP contribution in [0.4, 0.5) is 5.69 Å². The van der Waals surface area contributed by atoms with Crippen molar-refractivity contribution in [3.63, 3.8) is 0 Å². The zero-order valence-electron chi connectivity index (χ0n) is 18.1. The molecule has 0 aliphatic heterocycles. The molecular weight excluding hydrogens is 430 g/mol. The van der Waals surface area contributed by atoms with Crippen molar-refractivity contribution in [2.45, 2.75) is 20.5 Å². The summed E-state index contributed by atoms with van der Waals surface area (Å²) in [5.74, 6) is -0.590. The molecule has 0 saturated carbocycles. The van der Waals surface area contributed by atoms with E-state index in [4.69, 9.17) is 9.47 Å². The predicted octanol–water partition coefficient (Wildman–Crippen LogP) is 2.65. The number of ether oxygens (including phenoxy) is 2. The second kappa shape index (κ2) is 10.2. The maximum Gasteiger partial charge on any atom is 0.345 e. The number of hydrazone groups is 1. The van der Waals surface area contributed by atoms with E-state index in [1.54, 1.807) is 6.92 Å². The van der Waals surface area contributed by atoms with Crippen LogP contribution >= 0.6 is 0 Å². The number of hydrogen-bond donors (Lipinski definition) is 2. The summed E-state index contributed by atoms with van der Waals surface area (Å²) in [5, 5.41) is 15.5. The summed E-state index contributed by atoms with van der Waals surface area (Å²) in [6.45, 7) is 3.65. The highest BCUT2D eigenvalue weighted by Crippen LogP contribution is 2.38. The van der Waals surface area contributed by atoms with E-state index in [0.717, 1.165) is 11.1 Å². The van der Waals surface area contributed by atoms with Crippen molar-refractivity contribution in [1.82, 2.24) is 15.4 Å². The molecule has 0 radical (unpaired) electrons. The van der Waals surface area contributed by atoms with Gasteiger partial charge in [0.05, 0.1) is 18.2 Å². The van der Waals surface area contributed by atoms with E-state index >= 15 is 0 Å². The van der Waals surface area contributed by atoms with Crippen molar-refractivity contribution < 1.29 is 19.2 Å². The summed E-state index contributed by atoms with van der Waals surface area (Å²) >= 11 is 0. The average molecular weight is 451 g/mol. The topological polar surface area (TPSA) is 149 Å². The number of nitro groups is 1. The first-order valence-electron chi connectivity index (χ1n) is 9.73. The molecule has 0 spiro atoms. The minimum Gasteiger partial charge on any atom is -0.493 e. The zero-order valence-corrected chi connectivity index (χ0v) is 18.1. The predicted molar refractivity (Wildman–Crippen MR) is 120 cm³/mol. The Balaban J connectivity index is 1.82. The number of benzene rings is 2. The molecule has 0 bridgehead atoms. The number of rotatable bonds is 8. The maximum absolute atomic E-state index is 12.1. The van der Waals surface area contributed by atoms with Gasteiger partial charge >= 0.3 is 11.4 Å². The number of aromatic amines is 1. The average Bonchev–Trinajstić information content (AvgIpc) is 2.77. The monoisotopic (exact) mass is 451 g/mol. The van der Waals surface area contributed by atoms with E-state index in [9.17, 15) is 19.7 Å². The van der Waals surface area contributed by atoms with Gasteiger partial charge in [0.2, 0.25) is 5.75 Å². The summed E-state index contributed by atoms with van der Waals surface area (Å²) in [6, 6.07) is 11.7. The molecule has 0 saturated heterocycles. The molecule has 0 atom stereocenters. The van der Waals surface area contributed by atoms with Crippen LogP contribution in [0, 0.1) is 24.0 Å². The number of amides is 1. The van der Waals surface area contributed by atoms with Gasteiger partial charge < -0.3 is 14.5 Å². The third kappa shape index (κ3) is 5.79. The first-order valence-corrected chi connectivity index (χ1v) is 9.73. The normalized spacial score (nSPS) is 10.8. The number of nitrogens with zero attached hydrogens (tertiary/aromatic N) is 3. The third-order valence-corrected chi connectivity index (χ3v) is 4.60. The van der Waals surface area contributed by atoms with Crippen LogP contribution in [0.15, 0.2) is 52.4 Å². The molecule has 1 amide bonds. The van der Waals surface area contributed by atoms with Gasteiger partial charge in [0.15, 0.2) is 5.75 Å². The molecule has 170 valence electrons. The van der Waals surface area contributed by atoms with E-state index in [2.05, 4.69) is 20.5 Å². The fraction of sp³-hybridized carbons (Fsp3) is 0.182. The van der Waals surface area contributed by atoms with Crippen molar-refractivity contribution in [2.75, 3.05) is 7.11 Å². The van der Waals surface area contributed by atoms with Gasteiger partial charge in [0.1, 0.15) is 12.3 Å². The number of methoxy groups -OCH3 is 1. The smallest absolute Gasteiger partial charge is 0.345 e. The highest BCUT2D eigenvalue weighted by Gasteiger charge is 2.22. The first-order chi connectivity index (χ1) is 15.8. The minimum atomic E-state index is -0.708. The lowest BCUT2D eigenvalue weighted by atomic mass is 10.1. The van der Waals surface area contributed by atoms with Crippen LogP contribution in [0.25, 0.3) is 0 Å². The number of carbonyl (C=O) groups excluding carboxylic acids is 1. The Hall–Kier alpha value is -4.54. The van der Waals surface area contributed by atoms with Crippen LogP contribution in [0.3, 0.4) is 0 Å². The lowest BCUT2D eigenvalue weighted by Crippen LogP contribution is -2.24. The summed E-state index contributed by atoms with van der Waals surface area (Å²) in [7, 11) is 1.36. The highest BCUT2D eigenvalue weighted by atomic mass is 16.6. The van der Waals surface area contributed by atoms with E-state index in [1.807, 2.05) is 31.2 Å².